The van der Waals surface area contributed by atoms with Gasteiger partial charge in [0.1, 0.15) is 6.04 Å². The smallest absolute Gasteiger partial charge is 0.315 e. The van der Waals surface area contributed by atoms with E-state index in [0.29, 0.717) is 12.3 Å². The summed E-state index contributed by atoms with van der Waals surface area (Å²) < 4.78 is 0. The molecule has 132 valence electrons. The van der Waals surface area contributed by atoms with Crippen molar-refractivity contribution < 1.29 is 9.59 Å². The van der Waals surface area contributed by atoms with Crippen LogP contribution in [0.4, 0.5) is 4.79 Å². The summed E-state index contributed by atoms with van der Waals surface area (Å²) in [6.07, 6.45) is 9.82. The zero-order valence-corrected chi connectivity index (χ0v) is 14.8. The molecule has 1 aliphatic heterocycles. The molecule has 0 aromatic rings. The third-order valence-corrected chi connectivity index (χ3v) is 4.92. The molecule has 1 atom stereocenters. The average Bonchev–Trinajstić information content (AvgIpc) is 2.55. The van der Waals surface area contributed by atoms with E-state index in [1.54, 1.807) is 0 Å². The van der Waals surface area contributed by atoms with Gasteiger partial charge in [-0.25, -0.2) is 4.79 Å². The maximum absolute atomic E-state index is 12.7. The average molecular weight is 323 g/mol. The van der Waals surface area contributed by atoms with E-state index >= 15 is 0 Å². The molecule has 5 nitrogen and oxygen atoms in total. The predicted octanol–water partition coefficient (Wildman–Crippen LogP) is 3.05. The third kappa shape index (κ3) is 6.04. The standard InChI is InChI=1S/C18H33N3O2/c1-14(2)13-16(17(22)21-11-7-4-8-12-21)20-18(23)19-15-9-5-3-6-10-15/h14-16H,3-13H2,1-2H3,(H2,19,20,23)/t16-/m1/s1. The minimum atomic E-state index is -0.392. The van der Waals surface area contributed by atoms with Crippen LogP contribution in [0, 0.1) is 5.92 Å². The van der Waals surface area contributed by atoms with E-state index < -0.39 is 6.04 Å². The number of rotatable bonds is 5. The summed E-state index contributed by atoms with van der Waals surface area (Å²) in [4.78, 5) is 27.0. The number of hydrogen-bond acceptors (Lipinski definition) is 2. The van der Waals surface area contributed by atoms with Gasteiger partial charge in [-0.3, -0.25) is 4.79 Å². The molecule has 0 aromatic heterocycles. The molecular weight excluding hydrogens is 290 g/mol. The van der Waals surface area contributed by atoms with Gasteiger partial charge in [-0.05, 0) is 44.4 Å². The van der Waals surface area contributed by atoms with Crippen LogP contribution >= 0.6 is 0 Å². The molecule has 0 bridgehead atoms. The Morgan fingerprint density at radius 2 is 1.61 bits per heavy atom. The van der Waals surface area contributed by atoms with Crippen LogP contribution in [0.5, 0.6) is 0 Å². The summed E-state index contributed by atoms with van der Waals surface area (Å²) in [7, 11) is 0. The normalized spacial score (nSPS) is 21.1. The first-order valence-electron chi connectivity index (χ1n) is 9.42. The number of piperidine rings is 1. The van der Waals surface area contributed by atoms with Crippen molar-refractivity contribution in [3.05, 3.63) is 0 Å². The monoisotopic (exact) mass is 323 g/mol. The second kappa shape index (κ2) is 9.14. The van der Waals surface area contributed by atoms with Crippen molar-refractivity contribution in [3.8, 4) is 0 Å². The van der Waals surface area contributed by atoms with E-state index in [4.69, 9.17) is 0 Å². The molecule has 0 spiro atoms. The summed E-state index contributed by atoms with van der Waals surface area (Å²) in [5.74, 6) is 0.473. The van der Waals surface area contributed by atoms with Crippen LogP contribution in [0.2, 0.25) is 0 Å². The first-order chi connectivity index (χ1) is 11.1. The molecule has 2 N–H and O–H groups in total. The van der Waals surface area contributed by atoms with Crippen molar-refractivity contribution in [2.45, 2.75) is 83.7 Å². The van der Waals surface area contributed by atoms with Gasteiger partial charge in [-0.1, -0.05) is 33.1 Å². The summed E-state index contributed by atoms with van der Waals surface area (Å²) >= 11 is 0. The minimum absolute atomic E-state index is 0.0946. The fourth-order valence-corrected chi connectivity index (χ4v) is 3.66. The third-order valence-electron chi connectivity index (χ3n) is 4.92. The Morgan fingerprint density at radius 3 is 2.22 bits per heavy atom. The Kier molecular flexibility index (Phi) is 7.18. The number of urea groups is 1. The first-order valence-corrected chi connectivity index (χ1v) is 9.42. The van der Waals surface area contributed by atoms with Crippen LogP contribution in [0.3, 0.4) is 0 Å². The van der Waals surface area contributed by atoms with E-state index in [2.05, 4.69) is 24.5 Å². The van der Waals surface area contributed by atoms with E-state index in [0.717, 1.165) is 38.8 Å². The van der Waals surface area contributed by atoms with Crippen LogP contribution in [-0.4, -0.2) is 42.0 Å². The quantitative estimate of drug-likeness (QED) is 0.817. The highest BCUT2D eigenvalue weighted by Crippen LogP contribution is 2.17. The van der Waals surface area contributed by atoms with Gasteiger partial charge in [-0.15, -0.1) is 0 Å². The van der Waals surface area contributed by atoms with Gasteiger partial charge < -0.3 is 15.5 Å². The van der Waals surface area contributed by atoms with Gasteiger partial charge >= 0.3 is 6.03 Å². The molecule has 3 amide bonds. The summed E-state index contributed by atoms with van der Waals surface area (Å²) in [5.41, 5.74) is 0. The molecule has 0 unspecified atom stereocenters. The van der Waals surface area contributed by atoms with E-state index in [1.165, 1.54) is 25.7 Å². The molecule has 2 aliphatic rings. The van der Waals surface area contributed by atoms with Gasteiger partial charge in [0, 0.05) is 19.1 Å². The molecule has 1 saturated carbocycles. The molecule has 2 fully saturated rings. The highest BCUT2D eigenvalue weighted by molar-refractivity contribution is 5.87. The van der Waals surface area contributed by atoms with E-state index in [-0.39, 0.29) is 18.0 Å². The van der Waals surface area contributed by atoms with Gasteiger partial charge in [0.2, 0.25) is 5.91 Å². The number of carbonyl (C=O) groups is 2. The lowest BCUT2D eigenvalue weighted by molar-refractivity contribution is -0.134. The number of carbonyl (C=O) groups excluding carboxylic acids is 2. The predicted molar refractivity (Wildman–Crippen MR) is 92.2 cm³/mol. The maximum atomic E-state index is 12.7. The van der Waals surface area contributed by atoms with Crippen molar-refractivity contribution in [3.63, 3.8) is 0 Å². The summed E-state index contributed by atoms with van der Waals surface area (Å²) in [6.45, 7) is 5.85. The molecule has 1 heterocycles. The largest absolute Gasteiger partial charge is 0.341 e. The van der Waals surface area contributed by atoms with Crippen LogP contribution in [-0.2, 0) is 4.79 Å². The lowest BCUT2D eigenvalue weighted by Crippen LogP contribution is -2.54. The van der Waals surface area contributed by atoms with Crippen molar-refractivity contribution in [1.82, 2.24) is 15.5 Å². The Balaban J connectivity index is 1.88. The zero-order chi connectivity index (χ0) is 16.7. The lowest BCUT2D eigenvalue weighted by atomic mass is 9.96. The van der Waals surface area contributed by atoms with Crippen LogP contribution in [0.1, 0.15) is 71.6 Å². The van der Waals surface area contributed by atoms with Crippen molar-refractivity contribution in [2.24, 2.45) is 5.92 Å². The fourth-order valence-electron chi connectivity index (χ4n) is 3.66. The van der Waals surface area contributed by atoms with Crippen LogP contribution < -0.4 is 10.6 Å². The summed E-state index contributed by atoms with van der Waals surface area (Å²) in [5, 5.41) is 6.01. The van der Waals surface area contributed by atoms with Crippen molar-refractivity contribution in [2.75, 3.05) is 13.1 Å². The van der Waals surface area contributed by atoms with Gasteiger partial charge in [0.05, 0.1) is 0 Å². The molecule has 1 saturated heterocycles. The van der Waals surface area contributed by atoms with Crippen molar-refractivity contribution in [1.29, 1.82) is 0 Å². The second-order valence-electron chi connectivity index (χ2n) is 7.52. The SMILES string of the molecule is CC(C)C[C@@H](NC(=O)NC1CCCCC1)C(=O)N1CCCCC1. The topological polar surface area (TPSA) is 61.4 Å². The maximum Gasteiger partial charge on any atom is 0.315 e. The Hall–Kier alpha value is -1.26. The van der Waals surface area contributed by atoms with Crippen molar-refractivity contribution >= 4 is 11.9 Å². The Morgan fingerprint density at radius 1 is 1.00 bits per heavy atom. The highest BCUT2D eigenvalue weighted by Gasteiger charge is 2.28. The molecule has 2 rings (SSSR count). The van der Waals surface area contributed by atoms with E-state index in [1.807, 2.05) is 4.90 Å². The minimum Gasteiger partial charge on any atom is -0.341 e. The Labute approximate surface area is 140 Å². The number of hydrogen-bond donors (Lipinski definition) is 2. The lowest BCUT2D eigenvalue weighted by Gasteiger charge is -2.32. The molecule has 0 aromatic carbocycles. The number of likely N-dealkylation sites (tertiary alicyclic amines) is 1. The van der Waals surface area contributed by atoms with Crippen LogP contribution in [0.15, 0.2) is 0 Å². The molecule has 1 aliphatic carbocycles. The molecule has 23 heavy (non-hydrogen) atoms. The first kappa shape index (κ1) is 18.1. The zero-order valence-electron chi connectivity index (χ0n) is 14.8. The van der Waals surface area contributed by atoms with Gasteiger partial charge in [0.25, 0.3) is 0 Å². The number of nitrogens with one attached hydrogen (secondary N) is 2. The highest BCUT2D eigenvalue weighted by atomic mass is 16.2. The van der Waals surface area contributed by atoms with E-state index in [9.17, 15) is 9.59 Å². The van der Waals surface area contributed by atoms with Gasteiger partial charge in [-0.2, -0.15) is 0 Å². The summed E-state index contributed by atoms with van der Waals surface area (Å²) in [6, 6.07) is -0.293. The fraction of sp³-hybridized carbons (Fsp3) is 0.889. The Bertz CT molecular complexity index is 386. The molecule has 5 heteroatoms. The van der Waals surface area contributed by atoms with Crippen LogP contribution in [0.25, 0.3) is 0 Å². The molecular formula is C18H33N3O2. The second-order valence-corrected chi connectivity index (χ2v) is 7.52. The molecule has 0 radical (unpaired) electrons. The number of amides is 3. The number of nitrogens with zero attached hydrogens (tertiary/aromatic N) is 1. The van der Waals surface area contributed by atoms with Gasteiger partial charge in [0.15, 0.2) is 0 Å².